The van der Waals surface area contributed by atoms with Crippen LogP contribution >= 0.6 is 11.6 Å². The quantitative estimate of drug-likeness (QED) is 0.829. The van der Waals surface area contributed by atoms with Gasteiger partial charge < -0.3 is 10.6 Å². The average molecular weight is 333 g/mol. The average Bonchev–Trinajstić information content (AvgIpc) is 2.44. The van der Waals surface area contributed by atoms with Crippen LogP contribution < -0.4 is 10.6 Å². The maximum absolute atomic E-state index is 12.5. The highest BCUT2D eigenvalue weighted by Crippen LogP contribution is 2.55. The van der Waals surface area contributed by atoms with Gasteiger partial charge in [0.15, 0.2) is 0 Å². The Morgan fingerprint density at radius 2 is 1.78 bits per heavy atom. The molecule has 0 heterocycles. The van der Waals surface area contributed by atoms with E-state index >= 15 is 0 Å². The number of hydrogen-bond donors (Lipinski definition) is 2. The molecule has 0 aliphatic heterocycles. The van der Waals surface area contributed by atoms with Crippen LogP contribution in [0.25, 0.3) is 0 Å². The number of hydrogen-bond acceptors (Lipinski definition) is 1. The molecule has 0 radical (unpaired) electrons. The van der Waals surface area contributed by atoms with Gasteiger partial charge in [0.25, 0.3) is 0 Å². The molecule has 124 valence electrons. The maximum Gasteiger partial charge on any atom is 0.315 e. The predicted octanol–water partition coefficient (Wildman–Crippen LogP) is 4.67. The largest absolute Gasteiger partial charge is 0.333 e. The normalized spacial score (nSPS) is 35.8. The second-order valence-corrected chi connectivity index (χ2v) is 8.51. The molecule has 0 spiro atoms. The third kappa shape index (κ3) is 3.08. The third-order valence-electron chi connectivity index (χ3n) is 6.11. The lowest BCUT2D eigenvalue weighted by molar-refractivity contribution is -0.0136. The Hall–Kier alpha value is -1.22. The number of nitrogens with one attached hydrogen (secondary N) is 2. The Morgan fingerprint density at radius 1 is 1.17 bits per heavy atom. The molecule has 2 N–H and O–H groups in total. The molecular formula is C19H25ClN2O. The zero-order chi connectivity index (χ0) is 16.0. The smallest absolute Gasteiger partial charge is 0.315 e. The molecule has 0 aromatic heterocycles. The Morgan fingerprint density at radius 3 is 2.35 bits per heavy atom. The lowest BCUT2D eigenvalue weighted by Crippen LogP contribution is -2.61. The van der Waals surface area contributed by atoms with Gasteiger partial charge in [-0.05, 0) is 80.9 Å². The van der Waals surface area contributed by atoms with Crippen molar-refractivity contribution in [3.63, 3.8) is 0 Å². The van der Waals surface area contributed by atoms with Crippen LogP contribution in [-0.2, 0) is 0 Å². The van der Waals surface area contributed by atoms with Crippen molar-refractivity contribution in [2.45, 2.75) is 57.0 Å². The van der Waals surface area contributed by atoms with Crippen LogP contribution in [0.5, 0.6) is 0 Å². The fourth-order valence-corrected chi connectivity index (χ4v) is 5.80. The van der Waals surface area contributed by atoms with E-state index in [1.807, 2.05) is 31.2 Å². The zero-order valence-corrected chi connectivity index (χ0v) is 14.4. The van der Waals surface area contributed by atoms with E-state index in [0.29, 0.717) is 5.02 Å². The number of carbonyl (C=O) groups excluding carboxylic acids is 1. The third-order valence-corrected chi connectivity index (χ3v) is 6.35. The summed E-state index contributed by atoms with van der Waals surface area (Å²) in [4.78, 5) is 12.5. The molecule has 0 unspecified atom stereocenters. The highest BCUT2D eigenvalue weighted by molar-refractivity contribution is 6.30. The molecule has 4 heteroatoms. The SMILES string of the molecule is C[C@H](NC(=O)NC12CC3CC(CC(C3)C1)C2)c1cccc(Cl)c1. The number of benzene rings is 1. The van der Waals surface area contributed by atoms with Crippen LogP contribution in [0.15, 0.2) is 24.3 Å². The van der Waals surface area contributed by atoms with Crippen molar-refractivity contribution < 1.29 is 4.79 Å². The number of amides is 2. The Bertz CT molecular complexity index is 580. The molecular weight excluding hydrogens is 308 g/mol. The van der Waals surface area contributed by atoms with Gasteiger partial charge in [0.05, 0.1) is 6.04 Å². The summed E-state index contributed by atoms with van der Waals surface area (Å²) in [5.41, 5.74) is 1.10. The van der Waals surface area contributed by atoms with Crippen molar-refractivity contribution in [3.05, 3.63) is 34.9 Å². The Balaban J connectivity index is 1.40. The first-order valence-corrected chi connectivity index (χ1v) is 9.23. The van der Waals surface area contributed by atoms with E-state index < -0.39 is 0 Å². The molecule has 5 rings (SSSR count). The highest BCUT2D eigenvalue weighted by Gasteiger charge is 2.51. The van der Waals surface area contributed by atoms with E-state index in [1.54, 1.807) is 0 Å². The van der Waals surface area contributed by atoms with Gasteiger partial charge in [0.1, 0.15) is 0 Å². The molecule has 1 aromatic carbocycles. The molecule has 4 aliphatic rings. The number of carbonyl (C=O) groups is 1. The molecule has 2 amide bonds. The lowest BCUT2D eigenvalue weighted by Gasteiger charge is -2.56. The van der Waals surface area contributed by atoms with Crippen LogP contribution in [0, 0.1) is 17.8 Å². The first-order valence-electron chi connectivity index (χ1n) is 8.85. The molecule has 0 saturated heterocycles. The van der Waals surface area contributed by atoms with Gasteiger partial charge in [-0.15, -0.1) is 0 Å². The summed E-state index contributed by atoms with van der Waals surface area (Å²) in [6, 6.07) is 7.63. The fourth-order valence-electron chi connectivity index (χ4n) is 5.60. The van der Waals surface area contributed by atoms with Crippen molar-refractivity contribution in [1.82, 2.24) is 10.6 Å². The number of halogens is 1. The summed E-state index contributed by atoms with van der Waals surface area (Å²) in [6.45, 7) is 2.00. The van der Waals surface area contributed by atoms with E-state index in [4.69, 9.17) is 11.6 Å². The molecule has 4 fully saturated rings. The van der Waals surface area contributed by atoms with Crippen molar-refractivity contribution in [1.29, 1.82) is 0 Å². The van der Waals surface area contributed by atoms with Crippen LogP contribution in [0.1, 0.15) is 57.1 Å². The number of rotatable bonds is 3. The molecule has 3 nitrogen and oxygen atoms in total. The monoisotopic (exact) mass is 332 g/mol. The fraction of sp³-hybridized carbons (Fsp3) is 0.632. The van der Waals surface area contributed by atoms with Gasteiger partial charge in [-0.1, -0.05) is 23.7 Å². The molecule has 1 aromatic rings. The molecule has 4 bridgehead atoms. The summed E-state index contributed by atoms with van der Waals surface area (Å²) in [7, 11) is 0. The van der Waals surface area contributed by atoms with Crippen molar-refractivity contribution in [2.24, 2.45) is 17.8 Å². The van der Waals surface area contributed by atoms with E-state index in [9.17, 15) is 4.79 Å². The van der Waals surface area contributed by atoms with Crippen molar-refractivity contribution in [2.75, 3.05) is 0 Å². The number of urea groups is 1. The van der Waals surface area contributed by atoms with Crippen LogP contribution in [-0.4, -0.2) is 11.6 Å². The topological polar surface area (TPSA) is 41.1 Å². The molecule has 1 atom stereocenters. The molecule has 4 aliphatic carbocycles. The van der Waals surface area contributed by atoms with Gasteiger partial charge in [-0.3, -0.25) is 0 Å². The van der Waals surface area contributed by atoms with Gasteiger partial charge in [-0.2, -0.15) is 0 Å². The second kappa shape index (κ2) is 5.70. The molecule has 23 heavy (non-hydrogen) atoms. The molecule has 4 saturated carbocycles. The highest BCUT2D eigenvalue weighted by atomic mass is 35.5. The van der Waals surface area contributed by atoms with E-state index in [-0.39, 0.29) is 17.6 Å². The van der Waals surface area contributed by atoms with Crippen molar-refractivity contribution >= 4 is 17.6 Å². The summed E-state index contributed by atoms with van der Waals surface area (Å²) >= 11 is 6.04. The van der Waals surface area contributed by atoms with E-state index in [0.717, 1.165) is 23.3 Å². The first kappa shape index (κ1) is 15.3. The second-order valence-electron chi connectivity index (χ2n) is 8.07. The Kier molecular flexibility index (Phi) is 3.79. The predicted molar refractivity (Wildman–Crippen MR) is 92.4 cm³/mol. The minimum atomic E-state index is -0.0392. The van der Waals surface area contributed by atoms with Gasteiger partial charge in [-0.25, -0.2) is 4.79 Å². The van der Waals surface area contributed by atoms with Crippen molar-refractivity contribution in [3.8, 4) is 0 Å². The van der Waals surface area contributed by atoms with Gasteiger partial charge in [0.2, 0.25) is 0 Å². The zero-order valence-electron chi connectivity index (χ0n) is 13.6. The Labute approximate surface area is 143 Å². The summed E-state index contributed by atoms with van der Waals surface area (Å²) < 4.78 is 0. The summed E-state index contributed by atoms with van der Waals surface area (Å²) in [5.74, 6) is 2.52. The minimum absolute atomic E-state index is 0.0283. The minimum Gasteiger partial charge on any atom is -0.333 e. The van der Waals surface area contributed by atoms with E-state index in [1.165, 1.54) is 38.5 Å². The maximum atomic E-state index is 12.5. The van der Waals surface area contributed by atoms with Gasteiger partial charge in [0, 0.05) is 10.6 Å². The van der Waals surface area contributed by atoms with Crippen LogP contribution in [0.3, 0.4) is 0 Å². The van der Waals surface area contributed by atoms with Crippen LogP contribution in [0.4, 0.5) is 4.79 Å². The van der Waals surface area contributed by atoms with Crippen LogP contribution in [0.2, 0.25) is 5.02 Å². The summed E-state index contributed by atoms with van der Waals surface area (Å²) in [5, 5.41) is 7.15. The van der Waals surface area contributed by atoms with E-state index in [2.05, 4.69) is 10.6 Å². The standard InChI is InChI=1S/C19H25ClN2O/c1-12(16-3-2-4-17(20)8-16)21-18(23)22-19-9-13-5-14(10-19)7-15(6-13)11-19/h2-4,8,12-15H,5-7,9-11H2,1H3,(H2,21,22,23)/t12-,13?,14?,15?,19?/m0/s1. The van der Waals surface area contributed by atoms with Gasteiger partial charge >= 0.3 is 6.03 Å². The first-order chi connectivity index (χ1) is 11.0. The summed E-state index contributed by atoms with van der Waals surface area (Å²) in [6.07, 6.45) is 7.71. The lowest BCUT2D eigenvalue weighted by atomic mass is 9.53.